The summed E-state index contributed by atoms with van der Waals surface area (Å²) in [6.45, 7) is 6.55. The van der Waals surface area contributed by atoms with Crippen LogP contribution in [0.2, 0.25) is 0 Å². The second-order valence-corrected chi connectivity index (χ2v) is 9.06. The summed E-state index contributed by atoms with van der Waals surface area (Å²) in [5.74, 6) is -0.291. The predicted molar refractivity (Wildman–Crippen MR) is 119 cm³/mol. The van der Waals surface area contributed by atoms with Gasteiger partial charge in [-0.05, 0) is 44.0 Å². The maximum absolute atomic E-state index is 13.9. The molecule has 0 saturated heterocycles. The average Bonchev–Trinajstić information content (AvgIpc) is 3.00. The number of fused-ring (bicyclic) bond motifs is 1. The zero-order chi connectivity index (χ0) is 22.0. The SMILES string of the molecule is CCn1c(SCC(=O)N(C)Cc2ccc(OC)c(F)c2)nc2sc(C)c(C)c2c1=O. The first kappa shape index (κ1) is 22.3. The fourth-order valence-corrected chi connectivity index (χ4v) is 5.18. The Bertz CT molecular complexity index is 1160. The number of hydrogen-bond donors (Lipinski definition) is 0. The van der Waals surface area contributed by atoms with Crippen molar-refractivity contribution >= 4 is 39.2 Å². The van der Waals surface area contributed by atoms with Gasteiger partial charge in [0.1, 0.15) is 4.83 Å². The summed E-state index contributed by atoms with van der Waals surface area (Å²) in [4.78, 5) is 33.5. The van der Waals surface area contributed by atoms with E-state index in [4.69, 9.17) is 4.74 Å². The highest BCUT2D eigenvalue weighted by Gasteiger charge is 2.18. The Balaban J connectivity index is 1.74. The minimum atomic E-state index is -0.462. The first-order valence-corrected chi connectivity index (χ1v) is 11.3. The molecule has 1 amide bonds. The zero-order valence-corrected chi connectivity index (χ0v) is 19.2. The van der Waals surface area contributed by atoms with Crippen molar-refractivity contribution in [1.29, 1.82) is 0 Å². The minimum Gasteiger partial charge on any atom is -0.494 e. The van der Waals surface area contributed by atoms with Crippen LogP contribution in [0, 0.1) is 19.7 Å². The molecule has 0 spiro atoms. The number of aryl methyl sites for hydroxylation is 2. The lowest BCUT2D eigenvalue weighted by Crippen LogP contribution is -2.28. The van der Waals surface area contributed by atoms with Crippen LogP contribution in [-0.4, -0.2) is 40.3 Å². The van der Waals surface area contributed by atoms with E-state index in [1.165, 1.54) is 41.2 Å². The van der Waals surface area contributed by atoms with Crippen LogP contribution in [0.15, 0.2) is 28.2 Å². The molecular weight excluding hydrogens is 425 g/mol. The number of hydrogen-bond acceptors (Lipinski definition) is 6. The van der Waals surface area contributed by atoms with E-state index in [1.54, 1.807) is 23.7 Å². The number of thiophene rings is 1. The number of rotatable bonds is 7. The van der Waals surface area contributed by atoms with E-state index in [2.05, 4.69) is 4.98 Å². The van der Waals surface area contributed by atoms with Gasteiger partial charge in [0.2, 0.25) is 5.91 Å². The number of thioether (sulfide) groups is 1. The van der Waals surface area contributed by atoms with Gasteiger partial charge in [0.15, 0.2) is 16.7 Å². The molecule has 0 aliphatic rings. The molecule has 3 rings (SSSR count). The van der Waals surface area contributed by atoms with Crippen molar-refractivity contribution in [3.05, 3.63) is 50.4 Å². The summed E-state index contributed by atoms with van der Waals surface area (Å²) >= 11 is 2.74. The summed E-state index contributed by atoms with van der Waals surface area (Å²) in [5, 5.41) is 1.20. The van der Waals surface area contributed by atoms with Crippen molar-refractivity contribution in [1.82, 2.24) is 14.5 Å². The molecule has 0 saturated carbocycles. The number of methoxy groups -OCH3 is 1. The van der Waals surface area contributed by atoms with Gasteiger partial charge in [-0.3, -0.25) is 14.2 Å². The van der Waals surface area contributed by atoms with Crippen LogP contribution in [0.4, 0.5) is 4.39 Å². The summed E-state index contributed by atoms with van der Waals surface area (Å²) < 4.78 is 20.4. The molecule has 2 aromatic heterocycles. The molecule has 0 fully saturated rings. The van der Waals surface area contributed by atoms with Crippen molar-refractivity contribution in [2.75, 3.05) is 19.9 Å². The second-order valence-electron chi connectivity index (χ2n) is 6.91. The van der Waals surface area contributed by atoms with Crippen LogP contribution in [0.1, 0.15) is 22.9 Å². The summed E-state index contributed by atoms with van der Waals surface area (Å²) in [6, 6.07) is 4.63. The third kappa shape index (κ3) is 4.37. The number of halogens is 1. The van der Waals surface area contributed by atoms with Crippen LogP contribution in [0.5, 0.6) is 5.75 Å². The smallest absolute Gasteiger partial charge is 0.263 e. The van der Waals surface area contributed by atoms with Gasteiger partial charge in [-0.25, -0.2) is 9.37 Å². The number of nitrogens with zero attached hydrogens (tertiary/aromatic N) is 3. The van der Waals surface area contributed by atoms with E-state index in [1.807, 2.05) is 20.8 Å². The van der Waals surface area contributed by atoms with E-state index in [0.29, 0.717) is 27.5 Å². The number of aromatic nitrogens is 2. The zero-order valence-electron chi connectivity index (χ0n) is 17.6. The Labute approximate surface area is 182 Å². The maximum atomic E-state index is 13.9. The molecule has 0 radical (unpaired) electrons. The summed E-state index contributed by atoms with van der Waals surface area (Å²) in [7, 11) is 3.07. The van der Waals surface area contributed by atoms with Gasteiger partial charge in [-0.2, -0.15) is 0 Å². The Morgan fingerprint density at radius 3 is 2.73 bits per heavy atom. The maximum Gasteiger partial charge on any atom is 0.263 e. The lowest BCUT2D eigenvalue weighted by Gasteiger charge is -2.18. The monoisotopic (exact) mass is 449 g/mol. The van der Waals surface area contributed by atoms with Crippen molar-refractivity contribution < 1.29 is 13.9 Å². The highest BCUT2D eigenvalue weighted by molar-refractivity contribution is 7.99. The number of ether oxygens (including phenoxy) is 1. The molecule has 160 valence electrons. The third-order valence-corrected chi connectivity index (χ3v) is 7.02. The standard InChI is InChI=1S/C21H24FN3O3S2/c1-6-25-20(27)18-12(2)13(3)30-19(18)23-21(25)29-11-17(26)24(4)10-14-7-8-16(28-5)15(22)9-14/h7-9H,6,10-11H2,1-5H3. The fourth-order valence-electron chi connectivity index (χ4n) is 3.10. The summed E-state index contributed by atoms with van der Waals surface area (Å²) in [6.07, 6.45) is 0. The Hall–Kier alpha value is -2.39. The van der Waals surface area contributed by atoms with Gasteiger partial charge in [-0.1, -0.05) is 17.8 Å². The van der Waals surface area contributed by atoms with Crippen LogP contribution in [-0.2, 0) is 17.9 Å². The van der Waals surface area contributed by atoms with Crippen molar-refractivity contribution in [2.45, 2.75) is 39.0 Å². The molecule has 0 aliphatic carbocycles. The highest BCUT2D eigenvalue weighted by Crippen LogP contribution is 2.28. The molecule has 0 aliphatic heterocycles. The van der Waals surface area contributed by atoms with Gasteiger partial charge in [-0.15, -0.1) is 11.3 Å². The molecule has 1 aromatic carbocycles. The number of amides is 1. The topological polar surface area (TPSA) is 64.4 Å². The summed E-state index contributed by atoms with van der Waals surface area (Å²) in [5.41, 5.74) is 1.57. The molecule has 9 heteroatoms. The van der Waals surface area contributed by atoms with E-state index in [9.17, 15) is 14.0 Å². The molecule has 0 bridgehead atoms. The molecule has 3 aromatic rings. The lowest BCUT2D eigenvalue weighted by atomic mass is 10.2. The Morgan fingerprint density at radius 1 is 1.37 bits per heavy atom. The average molecular weight is 450 g/mol. The van der Waals surface area contributed by atoms with E-state index in [-0.39, 0.29) is 29.5 Å². The van der Waals surface area contributed by atoms with E-state index >= 15 is 0 Å². The molecule has 0 atom stereocenters. The van der Waals surface area contributed by atoms with Crippen LogP contribution >= 0.6 is 23.1 Å². The second kappa shape index (κ2) is 9.18. The van der Waals surface area contributed by atoms with E-state index < -0.39 is 5.82 Å². The first-order valence-electron chi connectivity index (χ1n) is 9.46. The molecule has 6 nitrogen and oxygen atoms in total. The van der Waals surface area contributed by atoms with Crippen LogP contribution in [0.3, 0.4) is 0 Å². The number of benzene rings is 1. The van der Waals surface area contributed by atoms with Gasteiger partial charge in [0.25, 0.3) is 5.56 Å². The van der Waals surface area contributed by atoms with Crippen LogP contribution < -0.4 is 10.3 Å². The highest BCUT2D eigenvalue weighted by atomic mass is 32.2. The minimum absolute atomic E-state index is 0.0682. The Morgan fingerprint density at radius 2 is 2.10 bits per heavy atom. The molecular formula is C21H24FN3O3S2. The molecule has 0 N–H and O–H groups in total. The fraction of sp³-hybridized carbons (Fsp3) is 0.381. The van der Waals surface area contributed by atoms with Crippen molar-refractivity contribution in [3.8, 4) is 5.75 Å². The number of carbonyl (C=O) groups is 1. The predicted octanol–water partition coefficient (Wildman–Crippen LogP) is 3.99. The number of carbonyl (C=O) groups excluding carboxylic acids is 1. The first-order chi connectivity index (χ1) is 14.3. The van der Waals surface area contributed by atoms with Crippen molar-refractivity contribution in [2.24, 2.45) is 0 Å². The lowest BCUT2D eigenvalue weighted by molar-refractivity contribution is -0.127. The Kier molecular flexibility index (Phi) is 6.82. The van der Waals surface area contributed by atoms with E-state index in [0.717, 1.165) is 10.4 Å². The van der Waals surface area contributed by atoms with Gasteiger partial charge >= 0.3 is 0 Å². The van der Waals surface area contributed by atoms with Gasteiger partial charge < -0.3 is 9.64 Å². The molecule has 0 unspecified atom stereocenters. The van der Waals surface area contributed by atoms with Gasteiger partial charge in [0.05, 0.1) is 18.2 Å². The largest absolute Gasteiger partial charge is 0.494 e. The van der Waals surface area contributed by atoms with Gasteiger partial charge in [0, 0.05) is 25.0 Å². The van der Waals surface area contributed by atoms with Crippen LogP contribution in [0.25, 0.3) is 10.2 Å². The third-order valence-electron chi connectivity index (χ3n) is 4.96. The van der Waals surface area contributed by atoms with Crippen molar-refractivity contribution in [3.63, 3.8) is 0 Å². The quantitative estimate of drug-likeness (QED) is 0.403. The molecule has 2 heterocycles. The normalized spacial score (nSPS) is 11.1. The molecule has 30 heavy (non-hydrogen) atoms.